The van der Waals surface area contributed by atoms with Crippen LogP contribution in [0.25, 0.3) is 0 Å². The molecule has 0 radical (unpaired) electrons. The SMILES string of the molecule is CC(C)C=NNC(=O)c1ccc([N+](=O)[O-])cc1Cl. The highest BCUT2D eigenvalue weighted by atomic mass is 35.5. The largest absolute Gasteiger partial charge is 0.272 e. The van der Waals surface area contributed by atoms with Crippen molar-refractivity contribution in [1.82, 2.24) is 5.43 Å². The second-order valence-electron chi connectivity index (χ2n) is 3.88. The summed E-state index contributed by atoms with van der Waals surface area (Å²) < 4.78 is 0. The van der Waals surface area contributed by atoms with Crippen LogP contribution < -0.4 is 5.43 Å². The van der Waals surface area contributed by atoms with Crippen LogP contribution in [-0.2, 0) is 0 Å². The van der Waals surface area contributed by atoms with Gasteiger partial charge in [0.25, 0.3) is 11.6 Å². The van der Waals surface area contributed by atoms with Crippen LogP contribution in [0.5, 0.6) is 0 Å². The summed E-state index contributed by atoms with van der Waals surface area (Å²) in [6.07, 6.45) is 1.57. The molecular formula is C11H12ClN3O3. The third-order valence-electron chi connectivity index (χ3n) is 1.95. The van der Waals surface area contributed by atoms with Crippen LogP contribution >= 0.6 is 11.6 Å². The molecule has 1 amide bonds. The minimum absolute atomic E-state index is 0.0152. The molecule has 1 N–H and O–H groups in total. The van der Waals surface area contributed by atoms with E-state index in [-0.39, 0.29) is 22.2 Å². The molecule has 6 nitrogen and oxygen atoms in total. The molecule has 0 atom stereocenters. The fourth-order valence-corrected chi connectivity index (χ4v) is 1.37. The lowest BCUT2D eigenvalue weighted by Gasteiger charge is -2.02. The molecule has 0 aliphatic heterocycles. The Morgan fingerprint density at radius 1 is 1.56 bits per heavy atom. The number of amides is 1. The summed E-state index contributed by atoms with van der Waals surface area (Å²) >= 11 is 5.79. The highest BCUT2D eigenvalue weighted by molar-refractivity contribution is 6.34. The van der Waals surface area contributed by atoms with E-state index in [0.717, 1.165) is 6.07 Å². The van der Waals surface area contributed by atoms with E-state index in [9.17, 15) is 14.9 Å². The summed E-state index contributed by atoms with van der Waals surface area (Å²) in [5.74, 6) is -0.301. The zero-order valence-corrected chi connectivity index (χ0v) is 10.6. The number of hydrazone groups is 1. The topological polar surface area (TPSA) is 84.6 Å². The summed E-state index contributed by atoms with van der Waals surface area (Å²) in [4.78, 5) is 21.6. The number of hydrogen-bond donors (Lipinski definition) is 1. The minimum Gasteiger partial charge on any atom is -0.267 e. The number of benzene rings is 1. The first-order chi connectivity index (χ1) is 8.41. The van der Waals surface area contributed by atoms with Crippen LogP contribution in [0.4, 0.5) is 5.69 Å². The number of hydrogen-bond acceptors (Lipinski definition) is 4. The van der Waals surface area contributed by atoms with E-state index in [1.165, 1.54) is 12.1 Å². The first-order valence-electron chi connectivity index (χ1n) is 5.19. The predicted octanol–water partition coefficient (Wildman–Crippen LogP) is 2.62. The maximum Gasteiger partial charge on any atom is 0.272 e. The van der Waals surface area contributed by atoms with Gasteiger partial charge in [0, 0.05) is 18.3 Å². The van der Waals surface area contributed by atoms with Gasteiger partial charge in [-0.1, -0.05) is 25.4 Å². The Morgan fingerprint density at radius 2 is 2.22 bits per heavy atom. The lowest BCUT2D eigenvalue weighted by atomic mass is 10.2. The lowest BCUT2D eigenvalue weighted by Crippen LogP contribution is -2.18. The van der Waals surface area contributed by atoms with Crippen LogP contribution in [0, 0.1) is 16.0 Å². The molecule has 18 heavy (non-hydrogen) atoms. The van der Waals surface area contributed by atoms with E-state index in [0.29, 0.717) is 0 Å². The number of halogens is 1. The Morgan fingerprint density at radius 3 is 2.72 bits per heavy atom. The fourth-order valence-electron chi connectivity index (χ4n) is 1.11. The lowest BCUT2D eigenvalue weighted by molar-refractivity contribution is -0.384. The normalized spacial score (nSPS) is 10.9. The zero-order chi connectivity index (χ0) is 13.7. The highest BCUT2D eigenvalue weighted by Crippen LogP contribution is 2.22. The summed E-state index contributed by atoms with van der Waals surface area (Å²) in [7, 11) is 0. The van der Waals surface area contributed by atoms with Crippen LogP contribution in [0.2, 0.25) is 5.02 Å². The van der Waals surface area contributed by atoms with Crippen molar-refractivity contribution < 1.29 is 9.72 Å². The molecule has 0 bridgehead atoms. The van der Waals surface area contributed by atoms with E-state index in [1.54, 1.807) is 6.21 Å². The van der Waals surface area contributed by atoms with Crippen LogP contribution in [-0.4, -0.2) is 17.0 Å². The minimum atomic E-state index is -0.579. The molecule has 0 aliphatic rings. The Balaban J connectivity index is 2.84. The number of rotatable bonds is 4. The standard InChI is InChI=1S/C11H12ClN3O3/c1-7(2)6-13-14-11(16)9-4-3-8(15(17)18)5-10(9)12/h3-7H,1-2H3,(H,14,16). The molecule has 0 aliphatic carbocycles. The van der Waals surface area contributed by atoms with Gasteiger partial charge in [0.15, 0.2) is 0 Å². The Labute approximate surface area is 109 Å². The molecule has 0 aromatic heterocycles. The summed E-state index contributed by atoms with van der Waals surface area (Å²) in [5.41, 5.74) is 2.27. The highest BCUT2D eigenvalue weighted by Gasteiger charge is 2.14. The molecule has 0 spiro atoms. The van der Waals surface area contributed by atoms with E-state index < -0.39 is 10.8 Å². The fraction of sp³-hybridized carbons (Fsp3) is 0.273. The number of nitrogens with one attached hydrogen (secondary N) is 1. The van der Waals surface area contributed by atoms with Gasteiger partial charge < -0.3 is 0 Å². The number of carbonyl (C=O) groups excluding carboxylic acids is 1. The van der Waals surface area contributed by atoms with Gasteiger partial charge in [0.2, 0.25) is 0 Å². The predicted molar refractivity (Wildman–Crippen MR) is 68.9 cm³/mol. The Bertz CT molecular complexity index is 500. The summed E-state index contributed by atoms with van der Waals surface area (Å²) in [6, 6.07) is 3.64. The number of non-ortho nitro benzene ring substituents is 1. The molecule has 0 heterocycles. The van der Waals surface area contributed by atoms with Crippen molar-refractivity contribution >= 4 is 29.4 Å². The number of nitrogens with zero attached hydrogens (tertiary/aromatic N) is 2. The van der Waals surface area contributed by atoms with Gasteiger partial charge in [0.1, 0.15) is 0 Å². The number of nitro groups is 1. The van der Waals surface area contributed by atoms with E-state index >= 15 is 0 Å². The number of nitro benzene ring substituents is 1. The maximum absolute atomic E-state index is 11.6. The van der Waals surface area contributed by atoms with Crippen LogP contribution in [0.1, 0.15) is 24.2 Å². The molecule has 0 saturated heterocycles. The van der Waals surface area contributed by atoms with E-state index in [1.807, 2.05) is 13.8 Å². The first kappa shape index (κ1) is 14.1. The quantitative estimate of drug-likeness (QED) is 0.518. The molecule has 0 saturated carbocycles. The Kier molecular flexibility index (Phi) is 4.79. The second kappa shape index (κ2) is 6.11. The average Bonchev–Trinajstić information content (AvgIpc) is 2.27. The third-order valence-corrected chi connectivity index (χ3v) is 2.26. The van der Waals surface area contributed by atoms with Gasteiger partial charge in [-0.25, -0.2) is 5.43 Å². The van der Waals surface area contributed by atoms with E-state index in [2.05, 4.69) is 10.5 Å². The van der Waals surface area contributed by atoms with Crippen molar-refractivity contribution in [3.8, 4) is 0 Å². The number of carbonyl (C=O) groups is 1. The van der Waals surface area contributed by atoms with Gasteiger partial charge in [0.05, 0.1) is 15.5 Å². The van der Waals surface area contributed by atoms with E-state index in [4.69, 9.17) is 11.6 Å². The van der Waals surface area contributed by atoms with Gasteiger partial charge in [-0.15, -0.1) is 0 Å². The molecule has 1 rings (SSSR count). The molecule has 1 aromatic rings. The van der Waals surface area contributed by atoms with Crippen molar-refractivity contribution in [2.75, 3.05) is 0 Å². The van der Waals surface area contributed by atoms with Gasteiger partial charge in [-0.05, 0) is 12.0 Å². The van der Waals surface area contributed by atoms with Crippen molar-refractivity contribution in [2.45, 2.75) is 13.8 Å². The average molecular weight is 270 g/mol. The molecule has 7 heteroatoms. The third kappa shape index (κ3) is 3.81. The van der Waals surface area contributed by atoms with Crippen molar-refractivity contribution in [3.05, 3.63) is 38.9 Å². The summed E-state index contributed by atoms with van der Waals surface area (Å²) in [5, 5.41) is 14.2. The van der Waals surface area contributed by atoms with Gasteiger partial charge >= 0.3 is 0 Å². The summed E-state index contributed by atoms with van der Waals surface area (Å²) in [6.45, 7) is 3.82. The molecular weight excluding hydrogens is 258 g/mol. The van der Waals surface area contributed by atoms with Crippen molar-refractivity contribution in [1.29, 1.82) is 0 Å². The monoisotopic (exact) mass is 269 g/mol. The molecule has 0 fully saturated rings. The Hall–Kier alpha value is -1.95. The zero-order valence-electron chi connectivity index (χ0n) is 9.88. The first-order valence-corrected chi connectivity index (χ1v) is 5.57. The molecule has 96 valence electrons. The van der Waals surface area contributed by atoms with Crippen molar-refractivity contribution in [3.63, 3.8) is 0 Å². The second-order valence-corrected chi connectivity index (χ2v) is 4.29. The van der Waals surface area contributed by atoms with Gasteiger partial charge in [-0.3, -0.25) is 14.9 Å². The molecule has 0 unspecified atom stereocenters. The maximum atomic E-state index is 11.6. The van der Waals surface area contributed by atoms with Gasteiger partial charge in [-0.2, -0.15) is 5.10 Å². The smallest absolute Gasteiger partial charge is 0.267 e. The molecule has 1 aromatic carbocycles. The van der Waals surface area contributed by atoms with Crippen LogP contribution in [0.15, 0.2) is 23.3 Å². The van der Waals surface area contributed by atoms with Crippen molar-refractivity contribution in [2.24, 2.45) is 11.0 Å². The van der Waals surface area contributed by atoms with Crippen LogP contribution in [0.3, 0.4) is 0 Å².